The van der Waals surface area contributed by atoms with E-state index < -0.39 is 11.9 Å². The molecule has 0 saturated carbocycles. The van der Waals surface area contributed by atoms with Crippen molar-refractivity contribution in [3.8, 4) is 23.0 Å². The van der Waals surface area contributed by atoms with Gasteiger partial charge in [-0.2, -0.15) is 5.10 Å². The van der Waals surface area contributed by atoms with Crippen molar-refractivity contribution in [3.05, 3.63) is 71.7 Å². The maximum absolute atomic E-state index is 12.2. The van der Waals surface area contributed by atoms with Crippen LogP contribution < -0.4 is 24.4 Å². The summed E-state index contributed by atoms with van der Waals surface area (Å²) in [7, 11) is 1.45. The topological polar surface area (TPSA) is 109 Å². The monoisotopic (exact) mass is 408 g/mol. The lowest BCUT2D eigenvalue weighted by molar-refractivity contribution is 0.0696. The van der Waals surface area contributed by atoms with Crippen LogP contribution in [0.3, 0.4) is 0 Å². The number of fused-ring (bicyclic) bond motifs is 1. The zero-order valence-electron chi connectivity index (χ0n) is 15.8. The Hall–Kier alpha value is -4.27. The van der Waals surface area contributed by atoms with Crippen LogP contribution in [-0.4, -0.2) is 32.0 Å². The molecule has 1 N–H and O–H groups in total. The molecule has 30 heavy (non-hydrogen) atoms. The summed E-state index contributed by atoms with van der Waals surface area (Å²) in [6.45, 7) is 0.132. The summed E-state index contributed by atoms with van der Waals surface area (Å²) in [5.41, 5.74) is 3.44. The van der Waals surface area contributed by atoms with Crippen LogP contribution in [0.2, 0.25) is 0 Å². The minimum atomic E-state index is -0.643. The van der Waals surface area contributed by atoms with Crippen molar-refractivity contribution in [2.24, 2.45) is 5.10 Å². The molecule has 1 amide bonds. The Morgan fingerprint density at radius 3 is 2.73 bits per heavy atom. The second-order valence-electron chi connectivity index (χ2n) is 6.04. The van der Waals surface area contributed by atoms with Crippen molar-refractivity contribution in [1.29, 1.82) is 0 Å². The van der Waals surface area contributed by atoms with E-state index in [0.717, 1.165) is 0 Å². The minimum Gasteiger partial charge on any atom is -0.493 e. The highest BCUT2D eigenvalue weighted by Crippen LogP contribution is 2.32. The van der Waals surface area contributed by atoms with E-state index in [4.69, 9.17) is 23.4 Å². The summed E-state index contributed by atoms with van der Waals surface area (Å²) >= 11 is 0. The number of furan rings is 1. The normalized spacial score (nSPS) is 12.0. The van der Waals surface area contributed by atoms with E-state index in [9.17, 15) is 9.59 Å². The third-order valence-corrected chi connectivity index (χ3v) is 4.13. The lowest BCUT2D eigenvalue weighted by atomic mass is 10.2. The molecule has 9 heteroatoms. The predicted octanol–water partition coefficient (Wildman–Crippen LogP) is 3.00. The summed E-state index contributed by atoms with van der Waals surface area (Å²) in [5, 5.41) is 3.94. The molecule has 0 radical (unpaired) electrons. The lowest BCUT2D eigenvalue weighted by Gasteiger charge is -2.09. The van der Waals surface area contributed by atoms with E-state index in [-0.39, 0.29) is 18.3 Å². The van der Waals surface area contributed by atoms with Crippen molar-refractivity contribution in [1.82, 2.24) is 5.43 Å². The molecule has 1 aliphatic heterocycles. The van der Waals surface area contributed by atoms with Crippen LogP contribution in [0.4, 0.5) is 0 Å². The van der Waals surface area contributed by atoms with Gasteiger partial charge in [-0.05, 0) is 54.1 Å². The van der Waals surface area contributed by atoms with Crippen LogP contribution in [0.5, 0.6) is 23.0 Å². The van der Waals surface area contributed by atoms with Gasteiger partial charge in [0.1, 0.15) is 0 Å². The molecular formula is C21H16N2O7. The maximum atomic E-state index is 12.2. The zero-order chi connectivity index (χ0) is 20.9. The molecule has 1 aliphatic rings. The zero-order valence-corrected chi connectivity index (χ0v) is 15.8. The molecule has 0 unspecified atom stereocenters. The fourth-order valence-electron chi connectivity index (χ4n) is 2.66. The van der Waals surface area contributed by atoms with Crippen LogP contribution >= 0.6 is 0 Å². The number of carbonyl (C=O) groups excluding carboxylic acids is 2. The van der Waals surface area contributed by atoms with Crippen molar-refractivity contribution < 1.29 is 33.0 Å². The highest BCUT2D eigenvalue weighted by molar-refractivity contribution is 5.95. The molecular weight excluding hydrogens is 392 g/mol. The number of nitrogens with zero attached hydrogens (tertiary/aromatic N) is 1. The van der Waals surface area contributed by atoms with Gasteiger partial charge in [0.05, 0.1) is 19.6 Å². The first-order valence-electron chi connectivity index (χ1n) is 8.81. The van der Waals surface area contributed by atoms with Gasteiger partial charge in [-0.1, -0.05) is 0 Å². The summed E-state index contributed by atoms with van der Waals surface area (Å²) in [5.74, 6) is 0.678. The Morgan fingerprint density at radius 1 is 1.07 bits per heavy atom. The highest BCUT2D eigenvalue weighted by atomic mass is 16.7. The molecule has 0 bridgehead atoms. The molecule has 0 fully saturated rings. The van der Waals surface area contributed by atoms with Gasteiger partial charge in [0.25, 0.3) is 5.91 Å². The number of hydrazone groups is 1. The Kier molecular flexibility index (Phi) is 5.33. The van der Waals surface area contributed by atoms with Gasteiger partial charge >= 0.3 is 5.97 Å². The van der Waals surface area contributed by atoms with Gasteiger partial charge in [0, 0.05) is 5.56 Å². The highest BCUT2D eigenvalue weighted by Gasteiger charge is 2.16. The second-order valence-corrected chi connectivity index (χ2v) is 6.04. The Morgan fingerprint density at radius 2 is 1.93 bits per heavy atom. The van der Waals surface area contributed by atoms with E-state index in [1.807, 2.05) is 0 Å². The van der Waals surface area contributed by atoms with E-state index in [2.05, 4.69) is 10.5 Å². The number of nitrogens with one attached hydrogen (secondary N) is 1. The largest absolute Gasteiger partial charge is 0.493 e. The Labute approximate surface area is 170 Å². The van der Waals surface area contributed by atoms with Gasteiger partial charge in [-0.25, -0.2) is 10.2 Å². The van der Waals surface area contributed by atoms with Gasteiger partial charge in [0.2, 0.25) is 12.6 Å². The number of rotatable bonds is 6. The van der Waals surface area contributed by atoms with E-state index >= 15 is 0 Å². The molecule has 3 aromatic rings. The molecule has 0 aliphatic carbocycles. The van der Waals surface area contributed by atoms with Crippen molar-refractivity contribution in [2.75, 3.05) is 13.9 Å². The third-order valence-electron chi connectivity index (χ3n) is 4.13. The van der Waals surface area contributed by atoms with E-state index in [1.165, 1.54) is 25.7 Å². The van der Waals surface area contributed by atoms with Gasteiger partial charge in [-0.15, -0.1) is 0 Å². The van der Waals surface area contributed by atoms with Crippen molar-refractivity contribution >= 4 is 18.1 Å². The first-order chi connectivity index (χ1) is 14.6. The van der Waals surface area contributed by atoms with Crippen LogP contribution in [0, 0.1) is 0 Å². The van der Waals surface area contributed by atoms with Crippen LogP contribution in [-0.2, 0) is 0 Å². The quantitative estimate of drug-likeness (QED) is 0.289. The number of amides is 1. The lowest BCUT2D eigenvalue weighted by Crippen LogP contribution is -2.17. The second kappa shape index (κ2) is 8.39. The molecule has 0 atom stereocenters. The average molecular weight is 408 g/mol. The number of hydrogen-bond donors (Lipinski definition) is 1. The minimum absolute atomic E-state index is 0.0777. The molecule has 4 rings (SSSR count). The van der Waals surface area contributed by atoms with Crippen molar-refractivity contribution in [2.45, 2.75) is 0 Å². The van der Waals surface area contributed by atoms with Gasteiger partial charge in [0.15, 0.2) is 23.0 Å². The summed E-state index contributed by atoms with van der Waals surface area (Å²) in [6.07, 6.45) is 2.82. The fourth-order valence-corrected chi connectivity index (χ4v) is 2.66. The molecule has 2 heterocycles. The van der Waals surface area contributed by atoms with Crippen LogP contribution in [0.25, 0.3) is 0 Å². The SMILES string of the molecule is COc1cc(C=NNC(=O)c2ccc3c(c2)OCO3)ccc1OC(=O)c1ccco1. The van der Waals surface area contributed by atoms with Crippen molar-refractivity contribution in [3.63, 3.8) is 0 Å². The standard InChI is InChI=1S/C21H16N2O7/c1-26-18-9-13(4-6-16(18)30-21(25)17-3-2-8-27-17)11-22-23-20(24)14-5-7-15-19(10-14)29-12-28-15/h2-11H,12H2,1H3,(H,23,24). The molecule has 0 saturated heterocycles. The third kappa shape index (κ3) is 4.09. The summed E-state index contributed by atoms with van der Waals surface area (Å²) in [6, 6.07) is 12.8. The maximum Gasteiger partial charge on any atom is 0.379 e. The number of benzene rings is 2. The van der Waals surface area contributed by atoms with Gasteiger partial charge in [-0.3, -0.25) is 4.79 Å². The number of methoxy groups -OCH3 is 1. The van der Waals surface area contributed by atoms with E-state index in [1.54, 1.807) is 42.5 Å². The number of esters is 1. The first kappa shape index (κ1) is 19.1. The first-order valence-corrected chi connectivity index (χ1v) is 8.81. The van der Waals surface area contributed by atoms with Crippen LogP contribution in [0.1, 0.15) is 26.5 Å². The summed E-state index contributed by atoms with van der Waals surface area (Å²) in [4.78, 5) is 24.3. The number of ether oxygens (including phenoxy) is 4. The average Bonchev–Trinajstić information content (AvgIpc) is 3.46. The Balaban J connectivity index is 1.41. The summed E-state index contributed by atoms with van der Waals surface area (Å²) < 4.78 is 26.0. The number of hydrogen-bond acceptors (Lipinski definition) is 8. The molecule has 0 spiro atoms. The Bertz CT molecular complexity index is 1110. The van der Waals surface area contributed by atoms with Gasteiger partial charge < -0.3 is 23.4 Å². The smallest absolute Gasteiger partial charge is 0.379 e. The predicted molar refractivity (Wildman–Crippen MR) is 104 cm³/mol. The van der Waals surface area contributed by atoms with Crippen LogP contribution in [0.15, 0.2) is 64.3 Å². The number of carbonyl (C=O) groups is 2. The molecule has 9 nitrogen and oxygen atoms in total. The molecule has 2 aromatic carbocycles. The molecule has 152 valence electrons. The van der Waals surface area contributed by atoms with E-state index in [0.29, 0.717) is 28.4 Å². The fraction of sp³-hybridized carbons (Fsp3) is 0.0952. The molecule has 1 aromatic heterocycles.